The molecule has 1 aromatic heterocycles. The first-order valence-corrected chi connectivity index (χ1v) is 9.48. The summed E-state index contributed by atoms with van der Waals surface area (Å²) in [6.07, 6.45) is 1.34. The van der Waals surface area contributed by atoms with Crippen LogP contribution >= 0.6 is 7.60 Å². The molecule has 10 nitrogen and oxygen atoms in total. The van der Waals surface area contributed by atoms with E-state index in [1.807, 2.05) is 0 Å². The number of aromatic nitrogens is 2. The summed E-state index contributed by atoms with van der Waals surface area (Å²) in [6, 6.07) is 0.818. The molecule has 1 saturated heterocycles. The third-order valence-corrected chi connectivity index (χ3v) is 6.13. The van der Waals surface area contributed by atoms with Gasteiger partial charge in [0, 0.05) is 39.1 Å². The number of H-pyrrole nitrogens is 1. The molecule has 0 bridgehead atoms. The molecule has 0 unspecified atom stereocenters. The lowest BCUT2D eigenvalue weighted by Gasteiger charge is -2.25. The fourth-order valence-corrected chi connectivity index (χ4v) is 3.97. The molecule has 25 heavy (non-hydrogen) atoms. The number of carbonyl (C=O) groups excluding carboxylic acids is 1. The van der Waals surface area contributed by atoms with Crippen molar-refractivity contribution in [3.8, 4) is 0 Å². The van der Waals surface area contributed by atoms with Gasteiger partial charge in [-0.25, -0.2) is 4.79 Å². The van der Waals surface area contributed by atoms with E-state index in [2.05, 4.69) is 4.98 Å². The Labute approximate surface area is 143 Å². The number of amides is 1. The Hall–Kier alpha value is -1.74. The number of β-amino-alcohol motifs (C(OH)–C–C–N with tert-alkyl or cyclic N) is 1. The Bertz CT molecular complexity index is 766. The molecule has 1 aromatic rings. The van der Waals surface area contributed by atoms with Crippen LogP contribution in [0, 0.1) is 0 Å². The molecule has 1 aliphatic heterocycles. The standard InChI is InChI=1S/C14H22N3O7P/c1-23-25(22,24-2)6-4-10-7-11(18)8-17(10)13(20)9-16-5-3-12(19)15-14(16)21/h3,5,10-11,18H,4,6-9H2,1-2H3,(H,15,19,21)/t10-,11-/m1/s1. The molecular formula is C14H22N3O7P. The van der Waals surface area contributed by atoms with E-state index in [4.69, 9.17) is 9.05 Å². The number of aromatic amines is 1. The van der Waals surface area contributed by atoms with Crippen molar-refractivity contribution in [1.29, 1.82) is 0 Å². The molecule has 1 amide bonds. The van der Waals surface area contributed by atoms with Crippen LogP contribution in [0.5, 0.6) is 0 Å². The topological polar surface area (TPSA) is 131 Å². The average molecular weight is 375 g/mol. The van der Waals surface area contributed by atoms with Crippen molar-refractivity contribution in [2.45, 2.75) is 31.5 Å². The van der Waals surface area contributed by atoms with Crippen LogP contribution in [0.4, 0.5) is 0 Å². The maximum atomic E-state index is 12.5. The molecule has 2 heterocycles. The van der Waals surface area contributed by atoms with Crippen molar-refractivity contribution in [3.05, 3.63) is 33.1 Å². The zero-order valence-electron chi connectivity index (χ0n) is 14.1. The fourth-order valence-electron chi connectivity index (χ4n) is 2.84. The van der Waals surface area contributed by atoms with Crippen molar-refractivity contribution < 1.29 is 23.5 Å². The van der Waals surface area contributed by atoms with Crippen molar-refractivity contribution in [2.24, 2.45) is 0 Å². The Balaban J connectivity index is 2.07. The molecule has 0 aromatic carbocycles. The molecule has 0 aliphatic carbocycles. The molecule has 2 rings (SSSR count). The highest BCUT2D eigenvalue weighted by atomic mass is 31.2. The van der Waals surface area contributed by atoms with Gasteiger partial charge in [0.2, 0.25) is 5.91 Å². The van der Waals surface area contributed by atoms with Crippen LogP contribution in [0.15, 0.2) is 21.9 Å². The van der Waals surface area contributed by atoms with Crippen LogP contribution in [0.1, 0.15) is 12.8 Å². The highest BCUT2D eigenvalue weighted by molar-refractivity contribution is 7.53. The number of aliphatic hydroxyl groups is 1. The number of nitrogens with one attached hydrogen (secondary N) is 1. The summed E-state index contributed by atoms with van der Waals surface area (Å²) < 4.78 is 23.0. The molecule has 1 fully saturated rings. The number of rotatable bonds is 7. The minimum atomic E-state index is -3.20. The SMILES string of the molecule is COP(=O)(CC[C@@H]1C[C@@H](O)CN1C(=O)Cn1ccc(=O)[nH]c1=O)OC. The summed E-state index contributed by atoms with van der Waals surface area (Å²) in [6.45, 7) is -0.128. The van der Waals surface area contributed by atoms with Crippen molar-refractivity contribution >= 4 is 13.5 Å². The normalized spacial score (nSPS) is 20.8. The third-order valence-electron chi connectivity index (χ3n) is 4.21. The minimum Gasteiger partial charge on any atom is -0.391 e. The molecule has 2 atom stereocenters. The van der Waals surface area contributed by atoms with Crippen molar-refractivity contribution in [2.75, 3.05) is 26.9 Å². The number of likely N-dealkylation sites (tertiary alicyclic amines) is 1. The van der Waals surface area contributed by atoms with Gasteiger partial charge in [0.25, 0.3) is 5.56 Å². The van der Waals surface area contributed by atoms with Crippen LogP contribution in [0.25, 0.3) is 0 Å². The summed E-state index contributed by atoms with van der Waals surface area (Å²) in [4.78, 5) is 38.8. The number of nitrogens with zero attached hydrogens (tertiary/aromatic N) is 2. The molecule has 140 valence electrons. The van der Waals surface area contributed by atoms with Crippen LogP contribution in [-0.2, 0) is 25.0 Å². The number of aliphatic hydroxyl groups excluding tert-OH is 1. The van der Waals surface area contributed by atoms with Crippen molar-refractivity contribution in [3.63, 3.8) is 0 Å². The second-order valence-corrected chi connectivity index (χ2v) is 8.22. The summed E-state index contributed by atoms with van der Waals surface area (Å²) in [5.41, 5.74) is -1.22. The smallest absolute Gasteiger partial charge is 0.330 e. The van der Waals surface area contributed by atoms with E-state index in [1.54, 1.807) is 0 Å². The van der Waals surface area contributed by atoms with Crippen LogP contribution in [0.3, 0.4) is 0 Å². The zero-order valence-corrected chi connectivity index (χ0v) is 15.0. The van der Waals surface area contributed by atoms with Gasteiger partial charge in [-0.1, -0.05) is 0 Å². The molecule has 2 N–H and O–H groups in total. The van der Waals surface area contributed by atoms with E-state index in [0.717, 1.165) is 10.6 Å². The average Bonchev–Trinajstić information content (AvgIpc) is 2.96. The van der Waals surface area contributed by atoms with Crippen LogP contribution < -0.4 is 11.2 Å². The Morgan fingerprint density at radius 3 is 2.68 bits per heavy atom. The second-order valence-electron chi connectivity index (χ2n) is 5.82. The Kier molecular flexibility index (Phi) is 6.34. The predicted molar refractivity (Wildman–Crippen MR) is 88.6 cm³/mol. The monoisotopic (exact) mass is 375 g/mol. The number of carbonyl (C=O) groups is 1. The maximum Gasteiger partial charge on any atom is 0.330 e. The Morgan fingerprint density at radius 1 is 1.40 bits per heavy atom. The molecule has 0 radical (unpaired) electrons. The highest BCUT2D eigenvalue weighted by Gasteiger charge is 2.36. The summed E-state index contributed by atoms with van der Waals surface area (Å²) >= 11 is 0. The van der Waals surface area contributed by atoms with E-state index in [0.29, 0.717) is 12.8 Å². The largest absolute Gasteiger partial charge is 0.391 e. The van der Waals surface area contributed by atoms with Gasteiger partial charge in [-0.05, 0) is 12.8 Å². The van der Waals surface area contributed by atoms with E-state index in [-0.39, 0.29) is 31.2 Å². The van der Waals surface area contributed by atoms with Gasteiger partial charge in [0.1, 0.15) is 6.54 Å². The Morgan fingerprint density at radius 2 is 2.08 bits per heavy atom. The van der Waals surface area contributed by atoms with E-state index >= 15 is 0 Å². The maximum absolute atomic E-state index is 12.5. The first-order valence-electron chi connectivity index (χ1n) is 7.76. The quantitative estimate of drug-likeness (QED) is 0.607. The molecule has 11 heteroatoms. The second kappa shape index (κ2) is 8.09. The number of hydrogen-bond donors (Lipinski definition) is 2. The molecule has 0 spiro atoms. The lowest BCUT2D eigenvalue weighted by atomic mass is 10.1. The van der Waals surface area contributed by atoms with Gasteiger partial charge >= 0.3 is 13.3 Å². The summed E-state index contributed by atoms with van der Waals surface area (Å²) in [5.74, 6) is -0.375. The third kappa shape index (κ3) is 4.88. The molecule has 1 aliphatic rings. The molecular weight excluding hydrogens is 353 g/mol. The van der Waals surface area contributed by atoms with Crippen LogP contribution in [-0.4, -0.2) is 64.5 Å². The molecule has 0 saturated carbocycles. The summed E-state index contributed by atoms with van der Waals surface area (Å²) in [5, 5.41) is 9.88. The van der Waals surface area contributed by atoms with Gasteiger partial charge in [-0.3, -0.25) is 23.7 Å². The van der Waals surface area contributed by atoms with Gasteiger partial charge in [0.15, 0.2) is 0 Å². The lowest BCUT2D eigenvalue weighted by molar-refractivity contribution is -0.133. The predicted octanol–water partition coefficient (Wildman–Crippen LogP) is -0.626. The summed E-state index contributed by atoms with van der Waals surface area (Å²) in [7, 11) is -0.623. The van der Waals surface area contributed by atoms with E-state index in [1.165, 1.54) is 25.3 Å². The van der Waals surface area contributed by atoms with Gasteiger partial charge < -0.3 is 19.1 Å². The van der Waals surface area contributed by atoms with E-state index in [9.17, 15) is 24.1 Å². The van der Waals surface area contributed by atoms with Gasteiger partial charge in [-0.2, -0.15) is 0 Å². The van der Waals surface area contributed by atoms with Gasteiger partial charge in [-0.15, -0.1) is 0 Å². The zero-order chi connectivity index (χ0) is 18.6. The minimum absolute atomic E-state index is 0.111. The first-order chi connectivity index (χ1) is 11.8. The van der Waals surface area contributed by atoms with Crippen molar-refractivity contribution in [1.82, 2.24) is 14.5 Å². The van der Waals surface area contributed by atoms with E-state index < -0.39 is 24.9 Å². The van der Waals surface area contributed by atoms with Gasteiger partial charge in [0.05, 0.1) is 12.3 Å². The van der Waals surface area contributed by atoms with Crippen LogP contribution in [0.2, 0.25) is 0 Å². The lowest BCUT2D eigenvalue weighted by Crippen LogP contribution is -2.41. The highest BCUT2D eigenvalue weighted by Crippen LogP contribution is 2.47. The fraction of sp³-hybridized carbons (Fsp3) is 0.643. The number of hydrogen-bond acceptors (Lipinski definition) is 7. The first kappa shape index (κ1) is 19.6.